The fourth-order valence-corrected chi connectivity index (χ4v) is 1.65. The first-order valence-corrected chi connectivity index (χ1v) is 5.27. The Morgan fingerprint density at radius 2 is 2.12 bits per heavy atom. The predicted molar refractivity (Wildman–Crippen MR) is 62.5 cm³/mol. The van der Waals surface area contributed by atoms with Gasteiger partial charge in [0, 0.05) is 6.21 Å². The molecule has 0 fully saturated rings. The lowest BCUT2D eigenvalue weighted by Gasteiger charge is -1.88. The third kappa shape index (κ3) is 2.48. The molecule has 1 heterocycles. The number of hydrogen-bond donors (Lipinski definition) is 0. The van der Waals surface area contributed by atoms with Gasteiger partial charge < -0.3 is 0 Å². The van der Waals surface area contributed by atoms with E-state index in [-0.39, 0.29) is 5.00 Å². The van der Waals surface area contributed by atoms with Crippen LogP contribution in [0.1, 0.15) is 5.56 Å². The molecule has 6 heteroatoms. The van der Waals surface area contributed by atoms with Gasteiger partial charge in [0.05, 0.1) is 4.92 Å². The minimum Gasteiger partial charge on any atom is -0.257 e. The fraction of sp³-hybridized carbons (Fsp3) is 0. The number of rotatable bonds is 3. The Kier molecular flexibility index (Phi) is 3.02. The molecule has 1 aromatic carbocycles. The van der Waals surface area contributed by atoms with Crippen molar-refractivity contribution < 1.29 is 4.92 Å². The molecule has 0 radical (unpaired) electrons. The molecule has 80 valence electrons. The average molecular weight is 233 g/mol. The molecule has 16 heavy (non-hydrogen) atoms. The number of nitrogens with zero attached hydrogens (tertiary/aromatic N) is 3. The Balaban J connectivity index is 2.15. The zero-order valence-electron chi connectivity index (χ0n) is 8.11. The summed E-state index contributed by atoms with van der Waals surface area (Å²) in [7, 11) is 0. The number of hydrogen-bond acceptors (Lipinski definition) is 5. The van der Waals surface area contributed by atoms with Gasteiger partial charge in [-0.2, -0.15) is 0 Å². The minimum absolute atomic E-state index is 0.000196. The monoisotopic (exact) mass is 233 g/mol. The molecular formula is C10H7N3O2S. The van der Waals surface area contributed by atoms with Crippen LogP contribution in [0.5, 0.6) is 0 Å². The summed E-state index contributed by atoms with van der Waals surface area (Å²) < 4.78 is 0. The SMILES string of the molecule is O=[N+]([O-])c1cnc(/N=C\c2ccccc2)s1. The van der Waals surface area contributed by atoms with Crippen molar-refractivity contribution in [1.82, 2.24) is 4.98 Å². The van der Waals surface area contributed by atoms with Gasteiger partial charge in [-0.1, -0.05) is 30.3 Å². The van der Waals surface area contributed by atoms with E-state index in [1.54, 1.807) is 6.21 Å². The third-order valence-corrected chi connectivity index (χ3v) is 2.64. The summed E-state index contributed by atoms with van der Waals surface area (Å²) in [6.07, 6.45) is 2.84. The molecule has 0 bridgehead atoms. The van der Waals surface area contributed by atoms with Gasteiger partial charge in [0.15, 0.2) is 0 Å². The largest absolute Gasteiger partial charge is 0.345 e. The Hall–Kier alpha value is -2.08. The molecule has 0 unspecified atom stereocenters. The van der Waals surface area contributed by atoms with Gasteiger partial charge >= 0.3 is 5.00 Å². The Morgan fingerprint density at radius 3 is 2.75 bits per heavy atom. The number of thiazole rings is 1. The highest BCUT2D eigenvalue weighted by molar-refractivity contribution is 7.18. The zero-order chi connectivity index (χ0) is 11.4. The van der Waals surface area contributed by atoms with E-state index in [4.69, 9.17) is 0 Å². The Labute approximate surface area is 95.3 Å². The summed E-state index contributed by atoms with van der Waals surface area (Å²) in [6.45, 7) is 0. The Morgan fingerprint density at radius 1 is 1.38 bits per heavy atom. The molecule has 0 N–H and O–H groups in total. The minimum atomic E-state index is -0.473. The van der Waals surface area contributed by atoms with Gasteiger partial charge in [0.25, 0.3) is 0 Å². The second kappa shape index (κ2) is 4.63. The smallest absolute Gasteiger partial charge is 0.257 e. The summed E-state index contributed by atoms with van der Waals surface area (Å²) in [5, 5.41) is 10.8. The van der Waals surface area contributed by atoms with Crippen LogP contribution < -0.4 is 0 Å². The van der Waals surface area contributed by atoms with Crippen LogP contribution in [0.3, 0.4) is 0 Å². The zero-order valence-corrected chi connectivity index (χ0v) is 8.92. The van der Waals surface area contributed by atoms with Crippen molar-refractivity contribution in [2.24, 2.45) is 4.99 Å². The number of aromatic nitrogens is 1. The van der Waals surface area contributed by atoms with Crippen LogP contribution in [-0.2, 0) is 0 Å². The van der Waals surface area contributed by atoms with Crippen LogP contribution in [0.2, 0.25) is 0 Å². The predicted octanol–water partition coefficient (Wildman–Crippen LogP) is 2.80. The van der Waals surface area contributed by atoms with Crippen molar-refractivity contribution in [3.8, 4) is 0 Å². The van der Waals surface area contributed by atoms with Gasteiger partial charge in [0.1, 0.15) is 6.20 Å². The van der Waals surface area contributed by atoms with Crippen molar-refractivity contribution in [1.29, 1.82) is 0 Å². The van der Waals surface area contributed by atoms with E-state index in [1.807, 2.05) is 30.3 Å². The summed E-state index contributed by atoms with van der Waals surface area (Å²) in [5.74, 6) is 0. The van der Waals surface area contributed by atoms with E-state index in [0.717, 1.165) is 16.9 Å². The van der Waals surface area contributed by atoms with Gasteiger partial charge in [0.2, 0.25) is 5.13 Å². The maximum Gasteiger partial charge on any atom is 0.345 e. The molecule has 0 aliphatic carbocycles. The average Bonchev–Trinajstić information content (AvgIpc) is 2.76. The van der Waals surface area contributed by atoms with Crippen LogP contribution in [0.15, 0.2) is 41.5 Å². The van der Waals surface area contributed by atoms with Gasteiger partial charge in [-0.25, -0.2) is 9.98 Å². The van der Waals surface area contributed by atoms with Crippen LogP contribution in [0, 0.1) is 10.1 Å². The molecule has 0 amide bonds. The summed E-state index contributed by atoms with van der Waals surface area (Å²) in [5.41, 5.74) is 0.931. The summed E-state index contributed by atoms with van der Waals surface area (Å²) in [6, 6.07) is 9.49. The van der Waals surface area contributed by atoms with Crippen molar-refractivity contribution in [3.63, 3.8) is 0 Å². The molecule has 2 aromatic rings. The van der Waals surface area contributed by atoms with E-state index < -0.39 is 4.92 Å². The lowest BCUT2D eigenvalue weighted by Crippen LogP contribution is -1.80. The Bertz CT molecular complexity index is 522. The van der Waals surface area contributed by atoms with Crippen LogP contribution in [0.25, 0.3) is 0 Å². The van der Waals surface area contributed by atoms with Crippen molar-refractivity contribution in [2.75, 3.05) is 0 Å². The molecule has 0 saturated carbocycles. The molecule has 1 aromatic heterocycles. The molecule has 0 aliphatic heterocycles. The van der Waals surface area contributed by atoms with Gasteiger partial charge in [-0.05, 0) is 16.9 Å². The lowest BCUT2D eigenvalue weighted by atomic mass is 10.2. The van der Waals surface area contributed by atoms with E-state index in [9.17, 15) is 10.1 Å². The second-order valence-electron chi connectivity index (χ2n) is 2.91. The second-order valence-corrected chi connectivity index (χ2v) is 3.89. The summed E-state index contributed by atoms with van der Waals surface area (Å²) >= 11 is 0.952. The highest BCUT2D eigenvalue weighted by Gasteiger charge is 2.09. The normalized spacial score (nSPS) is 10.8. The molecule has 5 nitrogen and oxygen atoms in total. The first kappa shape index (κ1) is 10.4. The van der Waals surface area contributed by atoms with Gasteiger partial charge in [-0.3, -0.25) is 10.1 Å². The van der Waals surface area contributed by atoms with E-state index in [2.05, 4.69) is 9.98 Å². The summed E-state index contributed by atoms with van der Waals surface area (Å²) in [4.78, 5) is 17.8. The van der Waals surface area contributed by atoms with Crippen LogP contribution in [0.4, 0.5) is 10.1 Å². The lowest BCUT2D eigenvalue weighted by molar-refractivity contribution is -0.380. The maximum atomic E-state index is 10.4. The molecule has 2 rings (SSSR count). The topological polar surface area (TPSA) is 68.4 Å². The third-order valence-electron chi connectivity index (χ3n) is 1.78. The highest BCUT2D eigenvalue weighted by Crippen LogP contribution is 2.26. The molecule has 0 atom stereocenters. The molecule has 0 spiro atoms. The van der Waals surface area contributed by atoms with Crippen molar-refractivity contribution in [2.45, 2.75) is 0 Å². The van der Waals surface area contributed by atoms with Gasteiger partial charge in [-0.15, -0.1) is 0 Å². The van der Waals surface area contributed by atoms with E-state index in [1.165, 1.54) is 6.20 Å². The number of aliphatic imine (C=N–C) groups is 1. The molecule has 0 saturated heterocycles. The van der Waals surface area contributed by atoms with Crippen LogP contribution >= 0.6 is 11.3 Å². The first-order chi connectivity index (χ1) is 7.75. The number of benzene rings is 1. The first-order valence-electron chi connectivity index (χ1n) is 4.45. The number of nitro groups is 1. The van der Waals surface area contributed by atoms with E-state index in [0.29, 0.717) is 5.13 Å². The fourth-order valence-electron chi connectivity index (χ4n) is 1.07. The van der Waals surface area contributed by atoms with E-state index >= 15 is 0 Å². The quantitative estimate of drug-likeness (QED) is 0.465. The highest BCUT2D eigenvalue weighted by atomic mass is 32.1. The van der Waals surface area contributed by atoms with Crippen molar-refractivity contribution in [3.05, 3.63) is 52.2 Å². The van der Waals surface area contributed by atoms with Crippen molar-refractivity contribution >= 4 is 27.7 Å². The standard InChI is InChI=1S/C10H7N3O2S/c14-13(15)9-7-12-10(16-9)11-6-8-4-2-1-3-5-8/h1-7H/b11-6-. The van der Waals surface area contributed by atoms with Crippen LogP contribution in [-0.4, -0.2) is 16.1 Å². The molecule has 0 aliphatic rings. The maximum absolute atomic E-state index is 10.4. The molecular weight excluding hydrogens is 226 g/mol.